The molecule has 0 aromatic carbocycles. The molecule has 2 rings (SSSR count). The van der Waals surface area contributed by atoms with E-state index in [1.54, 1.807) is 11.3 Å². The van der Waals surface area contributed by atoms with Gasteiger partial charge in [0.25, 0.3) is 0 Å². The van der Waals surface area contributed by atoms with Crippen LogP contribution in [0.2, 0.25) is 0 Å². The van der Waals surface area contributed by atoms with Crippen molar-refractivity contribution in [2.24, 2.45) is 0 Å². The van der Waals surface area contributed by atoms with Crippen molar-refractivity contribution in [1.82, 2.24) is 0 Å². The van der Waals surface area contributed by atoms with Crippen LogP contribution in [-0.4, -0.2) is 13.1 Å². The smallest absolute Gasteiger partial charge is 0.348 e. The molecule has 0 N–H and O–H groups in total. The van der Waals surface area contributed by atoms with Crippen molar-refractivity contribution in [3.05, 3.63) is 33.3 Å². The molecule has 78 valence electrons. The second-order valence-electron chi connectivity index (χ2n) is 3.07. The number of carbonyl (C=O) groups excluding carboxylic acids is 1. The van der Waals surface area contributed by atoms with E-state index in [1.165, 1.54) is 23.3 Å². The Balaban J connectivity index is 2.45. The Labute approximate surface area is 96.1 Å². The molecule has 0 aliphatic heterocycles. The lowest BCUT2D eigenvalue weighted by atomic mass is 10.2. The summed E-state index contributed by atoms with van der Waals surface area (Å²) < 4.78 is 4.74. The van der Waals surface area contributed by atoms with Crippen molar-refractivity contribution in [2.45, 2.75) is 6.92 Å². The zero-order valence-electron chi connectivity index (χ0n) is 8.44. The molecule has 0 radical (unpaired) electrons. The summed E-state index contributed by atoms with van der Waals surface area (Å²) in [6.07, 6.45) is 0. The molecule has 0 aliphatic carbocycles. The zero-order chi connectivity index (χ0) is 10.8. The number of ether oxygens (including phenoxy) is 1. The molecule has 0 unspecified atom stereocenters. The quantitative estimate of drug-likeness (QED) is 0.748. The lowest BCUT2D eigenvalue weighted by Crippen LogP contribution is -1.99. The Bertz CT molecular complexity index is 482. The predicted molar refractivity (Wildman–Crippen MR) is 63.7 cm³/mol. The zero-order valence-corrected chi connectivity index (χ0v) is 10.1. The van der Waals surface area contributed by atoms with Crippen LogP contribution in [0, 0.1) is 6.92 Å². The van der Waals surface area contributed by atoms with Gasteiger partial charge in [0, 0.05) is 15.3 Å². The third-order valence-electron chi connectivity index (χ3n) is 2.04. The Hall–Kier alpha value is -1.13. The average molecular weight is 238 g/mol. The first-order valence-electron chi connectivity index (χ1n) is 4.45. The number of thiophene rings is 2. The summed E-state index contributed by atoms with van der Waals surface area (Å²) in [6, 6.07) is 6.05. The van der Waals surface area contributed by atoms with E-state index in [1.807, 2.05) is 17.5 Å². The number of carbonyl (C=O) groups is 1. The molecule has 2 nitrogen and oxygen atoms in total. The normalized spacial score (nSPS) is 10.3. The van der Waals surface area contributed by atoms with E-state index in [9.17, 15) is 4.79 Å². The molecule has 0 amide bonds. The van der Waals surface area contributed by atoms with Crippen LogP contribution in [0.4, 0.5) is 0 Å². The number of rotatable bonds is 2. The van der Waals surface area contributed by atoms with Crippen LogP contribution in [0.5, 0.6) is 0 Å². The van der Waals surface area contributed by atoms with Gasteiger partial charge in [0.1, 0.15) is 4.88 Å². The van der Waals surface area contributed by atoms with Crippen LogP contribution >= 0.6 is 22.7 Å². The predicted octanol–water partition coefficient (Wildman–Crippen LogP) is 3.57. The molecule has 0 spiro atoms. The van der Waals surface area contributed by atoms with Crippen molar-refractivity contribution < 1.29 is 9.53 Å². The summed E-state index contributed by atoms with van der Waals surface area (Å²) in [5.41, 5.74) is 0.977. The van der Waals surface area contributed by atoms with E-state index in [2.05, 4.69) is 13.0 Å². The second-order valence-corrected chi connectivity index (χ2v) is 5.27. The highest BCUT2D eigenvalue weighted by Crippen LogP contribution is 2.33. The molecule has 0 fully saturated rings. The minimum absolute atomic E-state index is 0.258. The molecule has 0 atom stereocenters. The SMILES string of the molecule is COC(=O)c1sccc1-c1ccc(C)s1. The first-order chi connectivity index (χ1) is 7.22. The molecule has 0 bridgehead atoms. The van der Waals surface area contributed by atoms with Gasteiger partial charge < -0.3 is 4.74 Å². The van der Waals surface area contributed by atoms with Gasteiger partial charge in [-0.2, -0.15) is 0 Å². The van der Waals surface area contributed by atoms with Gasteiger partial charge in [-0.15, -0.1) is 22.7 Å². The molecule has 0 saturated heterocycles. The Morgan fingerprint density at radius 3 is 2.73 bits per heavy atom. The minimum atomic E-state index is -0.258. The molecular weight excluding hydrogens is 228 g/mol. The van der Waals surface area contributed by atoms with Crippen LogP contribution in [0.15, 0.2) is 23.6 Å². The highest BCUT2D eigenvalue weighted by Gasteiger charge is 2.15. The van der Waals surface area contributed by atoms with Crippen molar-refractivity contribution in [2.75, 3.05) is 7.11 Å². The number of methoxy groups -OCH3 is 1. The van der Waals surface area contributed by atoms with Crippen LogP contribution in [-0.2, 0) is 4.74 Å². The summed E-state index contributed by atoms with van der Waals surface area (Å²) in [5.74, 6) is -0.258. The van der Waals surface area contributed by atoms with E-state index >= 15 is 0 Å². The fraction of sp³-hybridized carbons (Fsp3) is 0.182. The van der Waals surface area contributed by atoms with Crippen LogP contribution in [0.1, 0.15) is 14.5 Å². The van der Waals surface area contributed by atoms with Crippen molar-refractivity contribution in [3.8, 4) is 10.4 Å². The maximum atomic E-state index is 11.5. The summed E-state index contributed by atoms with van der Waals surface area (Å²) in [6.45, 7) is 2.05. The van der Waals surface area contributed by atoms with Crippen LogP contribution in [0.3, 0.4) is 0 Å². The monoisotopic (exact) mass is 238 g/mol. The van der Waals surface area contributed by atoms with E-state index in [-0.39, 0.29) is 5.97 Å². The van der Waals surface area contributed by atoms with E-state index < -0.39 is 0 Å². The molecule has 2 heterocycles. The first-order valence-corrected chi connectivity index (χ1v) is 6.14. The number of hydrogen-bond donors (Lipinski definition) is 0. The van der Waals surface area contributed by atoms with E-state index in [0.717, 1.165) is 10.4 Å². The standard InChI is InChI=1S/C11H10O2S2/c1-7-3-4-9(15-7)8-5-6-14-10(8)11(12)13-2/h3-6H,1-2H3. The van der Waals surface area contributed by atoms with Gasteiger partial charge in [-0.1, -0.05) is 0 Å². The second kappa shape index (κ2) is 4.16. The first kappa shape index (κ1) is 10.4. The van der Waals surface area contributed by atoms with Gasteiger partial charge >= 0.3 is 5.97 Å². The topological polar surface area (TPSA) is 26.3 Å². The largest absolute Gasteiger partial charge is 0.465 e. The molecule has 2 aromatic heterocycles. The molecular formula is C11H10O2S2. The van der Waals surface area contributed by atoms with Crippen molar-refractivity contribution in [1.29, 1.82) is 0 Å². The van der Waals surface area contributed by atoms with Gasteiger partial charge in [0.15, 0.2) is 0 Å². The molecule has 0 aliphatic rings. The lowest BCUT2D eigenvalue weighted by molar-refractivity contribution is 0.0607. The maximum Gasteiger partial charge on any atom is 0.348 e. The van der Waals surface area contributed by atoms with Gasteiger partial charge in [0.2, 0.25) is 0 Å². The van der Waals surface area contributed by atoms with E-state index in [4.69, 9.17) is 4.74 Å². The third kappa shape index (κ3) is 1.96. The molecule has 2 aromatic rings. The van der Waals surface area contributed by atoms with E-state index in [0.29, 0.717) is 4.88 Å². The summed E-state index contributed by atoms with van der Waals surface area (Å²) in [5, 5.41) is 1.91. The van der Waals surface area contributed by atoms with Crippen LogP contribution < -0.4 is 0 Å². The molecule has 15 heavy (non-hydrogen) atoms. The van der Waals surface area contributed by atoms with Gasteiger partial charge in [-0.25, -0.2) is 4.79 Å². The number of aryl methyl sites for hydroxylation is 1. The van der Waals surface area contributed by atoms with Crippen molar-refractivity contribution >= 4 is 28.6 Å². The minimum Gasteiger partial charge on any atom is -0.465 e. The fourth-order valence-corrected chi connectivity index (χ4v) is 3.12. The molecule has 0 saturated carbocycles. The average Bonchev–Trinajstić information content (AvgIpc) is 2.84. The summed E-state index contributed by atoms with van der Waals surface area (Å²) >= 11 is 3.10. The highest BCUT2D eigenvalue weighted by molar-refractivity contribution is 7.16. The van der Waals surface area contributed by atoms with Gasteiger partial charge in [0.05, 0.1) is 7.11 Å². The maximum absolute atomic E-state index is 11.5. The molecule has 4 heteroatoms. The van der Waals surface area contributed by atoms with Gasteiger partial charge in [-0.3, -0.25) is 0 Å². The Morgan fingerprint density at radius 2 is 2.13 bits per heavy atom. The van der Waals surface area contributed by atoms with Crippen molar-refractivity contribution in [3.63, 3.8) is 0 Å². The van der Waals surface area contributed by atoms with Crippen LogP contribution in [0.25, 0.3) is 10.4 Å². The third-order valence-corrected chi connectivity index (χ3v) is 3.97. The lowest BCUT2D eigenvalue weighted by Gasteiger charge is -1.98. The van der Waals surface area contributed by atoms with Gasteiger partial charge in [-0.05, 0) is 30.5 Å². The number of hydrogen-bond acceptors (Lipinski definition) is 4. The fourth-order valence-electron chi connectivity index (χ4n) is 1.33. The Kier molecular flexibility index (Phi) is 2.88. The Morgan fingerprint density at radius 1 is 1.33 bits per heavy atom. The summed E-state index contributed by atoms with van der Waals surface area (Å²) in [7, 11) is 1.41. The number of esters is 1. The summed E-state index contributed by atoms with van der Waals surface area (Å²) in [4.78, 5) is 14.5. The highest BCUT2D eigenvalue weighted by atomic mass is 32.1.